The van der Waals surface area contributed by atoms with Crippen LogP contribution in [-0.4, -0.2) is 22.0 Å². The van der Waals surface area contributed by atoms with Gasteiger partial charge >= 0.3 is 0 Å². The molecule has 0 fully saturated rings. The highest BCUT2D eigenvalue weighted by molar-refractivity contribution is 5.94. The highest BCUT2D eigenvalue weighted by Crippen LogP contribution is 2.19. The number of carbonyl (C=O) groups excluding carboxylic acids is 1. The van der Waals surface area contributed by atoms with Gasteiger partial charge in [0.2, 0.25) is 0 Å². The number of unbranched alkanes of at least 4 members (excludes halogenated alkanes) is 7. The number of aryl methyl sites for hydroxylation is 3. The molecule has 1 amide bonds. The van der Waals surface area contributed by atoms with Gasteiger partial charge in [-0.3, -0.25) is 4.79 Å². The molecule has 1 heterocycles. The zero-order valence-corrected chi connectivity index (χ0v) is 19.9. The van der Waals surface area contributed by atoms with Gasteiger partial charge in [-0.15, -0.1) is 0 Å². The van der Waals surface area contributed by atoms with Crippen molar-refractivity contribution in [3.05, 3.63) is 65.5 Å². The summed E-state index contributed by atoms with van der Waals surface area (Å²) in [6.07, 6.45) is 12.4. The SMILES string of the molecule is CCCCCCCCCCn1c(CCCNC(=O)c2cccc(C)c2)nc2ccccc21. The molecule has 1 N–H and O–H groups in total. The fourth-order valence-corrected chi connectivity index (χ4v) is 4.31. The Morgan fingerprint density at radius 1 is 0.906 bits per heavy atom. The molecule has 0 bridgehead atoms. The second kappa shape index (κ2) is 13.0. The molecule has 172 valence electrons. The van der Waals surface area contributed by atoms with E-state index in [1.54, 1.807) is 0 Å². The van der Waals surface area contributed by atoms with Gasteiger partial charge in [0.15, 0.2) is 0 Å². The molecule has 2 aromatic carbocycles. The molecule has 3 rings (SSSR count). The van der Waals surface area contributed by atoms with Crippen molar-refractivity contribution in [1.82, 2.24) is 14.9 Å². The molecule has 0 aliphatic heterocycles. The third-order valence-electron chi connectivity index (χ3n) is 6.11. The Morgan fingerprint density at radius 2 is 1.66 bits per heavy atom. The molecule has 32 heavy (non-hydrogen) atoms. The summed E-state index contributed by atoms with van der Waals surface area (Å²) in [5.74, 6) is 1.14. The van der Waals surface area contributed by atoms with Crippen LogP contribution in [0, 0.1) is 6.92 Å². The zero-order valence-electron chi connectivity index (χ0n) is 19.9. The average Bonchev–Trinajstić information content (AvgIpc) is 3.15. The Morgan fingerprint density at radius 3 is 2.44 bits per heavy atom. The Labute approximate surface area is 193 Å². The van der Waals surface area contributed by atoms with Crippen molar-refractivity contribution >= 4 is 16.9 Å². The van der Waals surface area contributed by atoms with Crippen molar-refractivity contribution in [3.63, 3.8) is 0 Å². The van der Waals surface area contributed by atoms with Crippen LogP contribution in [0.2, 0.25) is 0 Å². The van der Waals surface area contributed by atoms with Crippen LogP contribution >= 0.6 is 0 Å². The molecule has 4 heteroatoms. The van der Waals surface area contributed by atoms with E-state index >= 15 is 0 Å². The summed E-state index contributed by atoms with van der Waals surface area (Å²) in [5.41, 5.74) is 4.14. The minimum Gasteiger partial charge on any atom is -0.352 e. The van der Waals surface area contributed by atoms with Crippen molar-refractivity contribution in [3.8, 4) is 0 Å². The number of nitrogens with one attached hydrogen (secondary N) is 1. The van der Waals surface area contributed by atoms with Gasteiger partial charge in [0, 0.05) is 25.1 Å². The van der Waals surface area contributed by atoms with E-state index < -0.39 is 0 Å². The second-order valence-corrected chi connectivity index (χ2v) is 8.87. The molecule has 3 aromatic rings. The highest BCUT2D eigenvalue weighted by Gasteiger charge is 2.11. The van der Waals surface area contributed by atoms with E-state index in [2.05, 4.69) is 41.1 Å². The van der Waals surface area contributed by atoms with Crippen molar-refractivity contribution in [1.29, 1.82) is 0 Å². The van der Waals surface area contributed by atoms with Gasteiger partial charge in [-0.05, 0) is 44.0 Å². The number of para-hydroxylation sites is 2. The van der Waals surface area contributed by atoms with E-state index in [4.69, 9.17) is 4.98 Å². The predicted octanol–water partition coefficient (Wildman–Crippen LogP) is 6.85. The van der Waals surface area contributed by atoms with E-state index in [0.29, 0.717) is 6.54 Å². The predicted molar refractivity (Wildman–Crippen MR) is 134 cm³/mol. The molecule has 0 atom stereocenters. The van der Waals surface area contributed by atoms with E-state index in [0.717, 1.165) is 41.9 Å². The van der Waals surface area contributed by atoms with Crippen molar-refractivity contribution < 1.29 is 4.79 Å². The summed E-state index contributed by atoms with van der Waals surface area (Å²) in [7, 11) is 0. The summed E-state index contributed by atoms with van der Waals surface area (Å²) >= 11 is 0. The Kier molecular flexibility index (Phi) is 9.80. The molecule has 1 aromatic heterocycles. The number of benzene rings is 2. The summed E-state index contributed by atoms with van der Waals surface area (Å²) < 4.78 is 2.40. The van der Waals surface area contributed by atoms with Crippen LogP contribution in [0.1, 0.15) is 86.5 Å². The number of carbonyl (C=O) groups is 1. The number of imidazole rings is 1. The summed E-state index contributed by atoms with van der Waals surface area (Å²) in [4.78, 5) is 17.3. The van der Waals surface area contributed by atoms with Gasteiger partial charge in [-0.1, -0.05) is 81.7 Å². The monoisotopic (exact) mass is 433 g/mol. The zero-order chi connectivity index (χ0) is 22.6. The molecule has 0 radical (unpaired) electrons. The number of hydrogen-bond donors (Lipinski definition) is 1. The first-order chi connectivity index (χ1) is 15.7. The molecule has 4 nitrogen and oxygen atoms in total. The molecule has 0 unspecified atom stereocenters. The summed E-state index contributed by atoms with van der Waals surface area (Å²) in [6, 6.07) is 16.2. The van der Waals surface area contributed by atoms with E-state index in [1.807, 2.05) is 31.2 Å². The smallest absolute Gasteiger partial charge is 0.251 e. The molecule has 0 aliphatic rings. The molecular weight excluding hydrogens is 394 g/mol. The van der Waals surface area contributed by atoms with Crippen LogP contribution in [0.15, 0.2) is 48.5 Å². The van der Waals surface area contributed by atoms with Gasteiger partial charge in [0.05, 0.1) is 11.0 Å². The quantitative estimate of drug-likeness (QED) is 0.283. The summed E-state index contributed by atoms with van der Waals surface area (Å²) in [5, 5.41) is 3.05. The topological polar surface area (TPSA) is 46.9 Å². The highest BCUT2D eigenvalue weighted by atomic mass is 16.1. The van der Waals surface area contributed by atoms with E-state index in [1.165, 1.54) is 56.9 Å². The summed E-state index contributed by atoms with van der Waals surface area (Å²) in [6.45, 7) is 5.97. The van der Waals surface area contributed by atoms with Gasteiger partial charge in [0.1, 0.15) is 5.82 Å². The normalized spacial score (nSPS) is 11.2. The van der Waals surface area contributed by atoms with Gasteiger partial charge < -0.3 is 9.88 Å². The Balaban J connectivity index is 1.48. The van der Waals surface area contributed by atoms with Crippen LogP contribution in [-0.2, 0) is 13.0 Å². The molecule has 0 saturated carbocycles. The second-order valence-electron chi connectivity index (χ2n) is 8.87. The number of nitrogens with zero attached hydrogens (tertiary/aromatic N) is 2. The molecule has 0 spiro atoms. The van der Waals surface area contributed by atoms with Crippen LogP contribution in [0.25, 0.3) is 11.0 Å². The lowest BCUT2D eigenvalue weighted by molar-refractivity contribution is 0.0953. The van der Waals surface area contributed by atoms with Gasteiger partial charge in [-0.25, -0.2) is 4.98 Å². The first-order valence-electron chi connectivity index (χ1n) is 12.5. The number of fused-ring (bicyclic) bond motifs is 1. The largest absolute Gasteiger partial charge is 0.352 e. The Bertz CT molecular complexity index is 976. The minimum absolute atomic E-state index is 0.00106. The number of hydrogen-bond acceptors (Lipinski definition) is 2. The van der Waals surface area contributed by atoms with Crippen molar-refractivity contribution in [2.45, 2.75) is 84.6 Å². The average molecular weight is 434 g/mol. The first kappa shape index (κ1) is 24.0. The fourth-order valence-electron chi connectivity index (χ4n) is 4.31. The van der Waals surface area contributed by atoms with Crippen molar-refractivity contribution in [2.24, 2.45) is 0 Å². The maximum absolute atomic E-state index is 12.4. The lowest BCUT2D eigenvalue weighted by Gasteiger charge is -2.10. The molecule has 0 aliphatic carbocycles. The lowest BCUT2D eigenvalue weighted by atomic mass is 10.1. The van der Waals surface area contributed by atoms with Crippen LogP contribution < -0.4 is 5.32 Å². The van der Waals surface area contributed by atoms with Gasteiger partial charge in [-0.2, -0.15) is 0 Å². The third-order valence-corrected chi connectivity index (χ3v) is 6.11. The number of amides is 1. The standard InChI is InChI=1S/C28H39N3O/c1-3-4-5-6-7-8-9-12-21-31-26-18-11-10-17-25(26)30-27(31)19-14-20-29-28(32)24-16-13-15-23(2)22-24/h10-11,13,15-18,22H,3-9,12,14,19-21H2,1-2H3,(H,29,32). The fraction of sp³-hybridized carbons (Fsp3) is 0.500. The maximum Gasteiger partial charge on any atom is 0.251 e. The lowest BCUT2D eigenvalue weighted by Crippen LogP contribution is -2.25. The van der Waals surface area contributed by atoms with E-state index in [9.17, 15) is 4.79 Å². The van der Waals surface area contributed by atoms with Gasteiger partial charge in [0.25, 0.3) is 5.91 Å². The molecular formula is C28H39N3O. The van der Waals surface area contributed by atoms with Crippen LogP contribution in [0.3, 0.4) is 0 Å². The van der Waals surface area contributed by atoms with Crippen LogP contribution in [0.4, 0.5) is 0 Å². The minimum atomic E-state index is 0.00106. The molecule has 0 saturated heterocycles. The third kappa shape index (κ3) is 7.22. The number of rotatable bonds is 14. The first-order valence-corrected chi connectivity index (χ1v) is 12.5. The maximum atomic E-state index is 12.4. The van der Waals surface area contributed by atoms with Crippen molar-refractivity contribution in [2.75, 3.05) is 6.54 Å². The van der Waals surface area contributed by atoms with Crippen LogP contribution in [0.5, 0.6) is 0 Å². The number of aromatic nitrogens is 2. The van der Waals surface area contributed by atoms with E-state index in [-0.39, 0.29) is 5.91 Å². The Hall–Kier alpha value is -2.62.